The van der Waals surface area contributed by atoms with Crippen molar-refractivity contribution in [3.8, 4) is 5.88 Å². The minimum Gasteiger partial charge on any atom is -0.493 e. The Kier molecular flexibility index (Phi) is 4.32. The molecule has 0 aliphatic rings. The van der Waals surface area contributed by atoms with Crippen LogP contribution in [-0.2, 0) is 6.54 Å². The molecule has 0 saturated carbocycles. The monoisotopic (exact) mass is 414 g/mol. The first-order valence-corrected chi connectivity index (χ1v) is 9.23. The van der Waals surface area contributed by atoms with Gasteiger partial charge in [-0.1, -0.05) is 48.5 Å². The molecule has 152 valence electrons. The fourth-order valence-corrected chi connectivity index (χ4v) is 3.29. The summed E-state index contributed by atoms with van der Waals surface area (Å²) < 4.78 is 1.73. The summed E-state index contributed by atoms with van der Waals surface area (Å²) in [6.07, 6.45) is 0. The first-order valence-electron chi connectivity index (χ1n) is 9.23. The van der Waals surface area contributed by atoms with Gasteiger partial charge in [-0.05, 0) is 11.6 Å². The third-order valence-corrected chi connectivity index (χ3v) is 4.69. The van der Waals surface area contributed by atoms with E-state index >= 15 is 0 Å². The molecule has 31 heavy (non-hydrogen) atoms. The van der Waals surface area contributed by atoms with E-state index in [4.69, 9.17) is 0 Å². The average molecular weight is 414 g/mol. The van der Waals surface area contributed by atoms with Crippen LogP contribution in [0.15, 0.2) is 74.4 Å². The summed E-state index contributed by atoms with van der Waals surface area (Å²) in [5, 5.41) is 27.1. The molecule has 5 rings (SSSR count). The van der Waals surface area contributed by atoms with E-state index in [-0.39, 0.29) is 28.7 Å². The molecule has 11 nitrogen and oxygen atoms in total. The van der Waals surface area contributed by atoms with Crippen LogP contribution in [0, 0.1) is 0 Å². The van der Waals surface area contributed by atoms with Gasteiger partial charge < -0.3 is 9.67 Å². The number of para-hydroxylation sites is 1. The molecule has 5 aromatic rings. The molecule has 3 aromatic heterocycles. The third-order valence-electron chi connectivity index (χ3n) is 4.69. The van der Waals surface area contributed by atoms with Gasteiger partial charge in [-0.15, -0.1) is 20.4 Å². The number of aromatic nitrogens is 6. The Hall–Kier alpha value is -4.67. The van der Waals surface area contributed by atoms with Crippen molar-refractivity contribution in [3.63, 3.8) is 0 Å². The van der Waals surface area contributed by atoms with Gasteiger partial charge >= 0.3 is 5.69 Å². The summed E-state index contributed by atoms with van der Waals surface area (Å²) in [6, 6.07) is 17.1. The van der Waals surface area contributed by atoms with Gasteiger partial charge in [0.05, 0.1) is 12.1 Å². The zero-order valence-electron chi connectivity index (χ0n) is 15.9. The number of aromatic hydroxyl groups is 1. The SMILES string of the molecule is O=c1[nH]c(=O)c2nnc(N=Nc3c(O)n(Cc4ccccc4)c4ccccc34)nc2[nH]1. The molecule has 11 heteroatoms. The van der Waals surface area contributed by atoms with Crippen LogP contribution in [-0.4, -0.2) is 34.8 Å². The molecule has 3 N–H and O–H groups in total. The van der Waals surface area contributed by atoms with E-state index in [0.29, 0.717) is 11.9 Å². The van der Waals surface area contributed by atoms with Gasteiger partial charge in [-0.2, -0.15) is 4.98 Å². The molecule has 0 unspecified atom stereocenters. The number of nitrogens with one attached hydrogen (secondary N) is 2. The Bertz CT molecular complexity index is 1570. The number of azo groups is 1. The second kappa shape index (κ2) is 7.30. The van der Waals surface area contributed by atoms with Gasteiger partial charge in [-0.25, -0.2) is 4.79 Å². The van der Waals surface area contributed by atoms with Crippen molar-refractivity contribution in [1.29, 1.82) is 0 Å². The molecule has 0 aliphatic carbocycles. The summed E-state index contributed by atoms with van der Waals surface area (Å²) in [7, 11) is 0. The summed E-state index contributed by atoms with van der Waals surface area (Å²) in [4.78, 5) is 31.6. The van der Waals surface area contributed by atoms with Crippen LogP contribution in [0.5, 0.6) is 5.88 Å². The third kappa shape index (κ3) is 3.33. The molecule has 3 heterocycles. The van der Waals surface area contributed by atoms with Crippen molar-refractivity contribution in [3.05, 3.63) is 81.0 Å². The van der Waals surface area contributed by atoms with E-state index in [1.807, 2.05) is 59.6 Å². The topological polar surface area (TPSA) is 154 Å². The predicted molar refractivity (Wildman–Crippen MR) is 112 cm³/mol. The molecule has 0 amide bonds. The Balaban J connectivity index is 1.58. The lowest BCUT2D eigenvalue weighted by Crippen LogP contribution is -2.23. The molecule has 0 saturated heterocycles. The summed E-state index contributed by atoms with van der Waals surface area (Å²) in [5.74, 6) is -0.236. The first-order chi connectivity index (χ1) is 15.1. The normalized spacial score (nSPS) is 11.6. The number of H-pyrrole nitrogens is 2. The fourth-order valence-electron chi connectivity index (χ4n) is 3.29. The lowest BCUT2D eigenvalue weighted by Gasteiger charge is -2.06. The van der Waals surface area contributed by atoms with Crippen LogP contribution >= 0.6 is 0 Å². The number of rotatable bonds is 4. The van der Waals surface area contributed by atoms with Crippen molar-refractivity contribution < 1.29 is 5.11 Å². The number of hydrogen-bond acceptors (Lipinski definition) is 8. The largest absolute Gasteiger partial charge is 0.493 e. The number of nitrogens with zero attached hydrogens (tertiary/aromatic N) is 6. The second-order valence-electron chi connectivity index (χ2n) is 6.68. The Morgan fingerprint density at radius 3 is 2.55 bits per heavy atom. The van der Waals surface area contributed by atoms with Gasteiger partial charge in [0.25, 0.3) is 11.5 Å². The van der Waals surface area contributed by atoms with Crippen molar-refractivity contribution >= 4 is 33.7 Å². The lowest BCUT2D eigenvalue weighted by molar-refractivity contribution is 0.429. The Morgan fingerprint density at radius 2 is 1.71 bits per heavy atom. The van der Waals surface area contributed by atoms with Gasteiger partial charge in [0.2, 0.25) is 5.88 Å². The van der Waals surface area contributed by atoms with E-state index in [2.05, 4.69) is 30.4 Å². The van der Waals surface area contributed by atoms with Gasteiger partial charge in [-0.3, -0.25) is 14.8 Å². The van der Waals surface area contributed by atoms with E-state index in [0.717, 1.165) is 11.1 Å². The molecule has 0 radical (unpaired) electrons. The molecule has 0 bridgehead atoms. The van der Waals surface area contributed by atoms with Gasteiger partial charge in [0.1, 0.15) is 0 Å². The maximum absolute atomic E-state index is 11.7. The fraction of sp³-hybridized carbons (Fsp3) is 0.0500. The second-order valence-corrected chi connectivity index (χ2v) is 6.68. The molecule has 2 aromatic carbocycles. The van der Waals surface area contributed by atoms with Crippen LogP contribution in [0.25, 0.3) is 22.1 Å². The van der Waals surface area contributed by atoms with Crippen molar-refractivity contribution in [1.82, 2.24) is 29.7 Å². The zero-order chi connectivity index (χ0) is 21.4. The average Bonchev–Trinajstić information content (AvgIpc) is 3.03. The lowest BCUT2D eigenvalue weighted by atomic mass is 10.2. The van der Waals surface area contributed by atoms with E-state index in [1.54, 1.807) is 4.57 Å². The highest BCUT2D eigenvalue weighted by molar-refractivity contribution is 5.95. The maximum Gasteiger partial charge on any atom is 0.327 e. The van der Waals surface area contributed by atoms with E-state index in [9.17, 15) is 14.7 Å². The van der Waals surface area contributed by atoms with Crippen molar-refractivity contribution in [2.24, 2.45) is 10.2 Å². The highest BCUT2D eigenvalue weighted by atomic mass is 16.3. The minimum absolute atomic E-state index is 0.0616. The summed E-state index contributed by atoms with van der Waals surface area (Å²) in [5.41, 5.74) is 0.430. The highest BCUT2D eigenvalue weighted by Crippen LogP contribution is 2.39. The molecular weight excluding hydrogens is 400 g/mol. The maximum atomic E-state index is 11.7. The molecule has 0 spiro atoms. The Morgan fingerprint density at radius 1 is 0.935 bits per heavy atom. The summed E-state index contributed by atoms with van der Waals surface area (Å²) >= 11 is 0. The highest BCUT2D eigenvalue weighted by Gasteiger charge is 2.17. The molecule has 0 aliphatic heterocycles. The van der Waals surface area contributed by atoms with Crippen molar-refractivity contribution in [2.75, 3.05) is 0 Å². The van der Waals surface area contributed by atoms with Gasteiger partial charge in [0.15, 0.2) is 16.9 Å². The van der Waals surface area contributed by atoms with E-state index < -0.39 is 11.2 Å². The van der Waals surface area contributed by atoms with Crippen LogP contribution in [0.3, 0.4) is 0 Å². The molecular formula is C20H14N8O3. The zero-order valence-corrected chi connectivity index (χ0v) is 15.9. The molecule has 0 fully saturated rings. The first kappa shape index (κ1) is 18.4. The smallest absolute Gasteiger partial charge is 0.327 e. The van der Waals surface area contributed by atoms with Crippen LogP contribution < -0.4 is 11.2 Å². The van der Waals surface area contributed by atoms with Crippen LogP contribution in [0.4, 0.5) is 11.6 Å². The van der Waals surface area contributed by atoms with Gasteiger partial charge in [0, 0.05) is 5.39 Å². The van der Waals surface area contributed by atoms with Crippen LogP contribution in [0.2, 0.25) is 0 Å². The molecule has 0 atom stereocenters. The number of hydrogen-bond donors (Lipinski definition) is 3. The minimum atomic E-state index is -0.720. The number of fused-ring (bicyclic) bond motifs is 2. The van der Waals surface area contributed by atoms with E-state index in [1.165, 1.54) is 0 Å². The standard InChI is InChI=1S/C20H14N8O3/c29-17-15-16(22-20(31)23-17)21-19(27-25-15)26-24-14-12-8-4-5-9-13(12)28(18(14)30)10-11-6-2-1-3-7-11/h1-9,30H,10H2,(H2,21,22,23,27,29,31). The quantitative estimate of drug-likeness (QED) is 0.384. The number of benzene rings is 2. The predicted octanol–water partition coefficient (Wildman–Crippen LogP) is 2.53. The van der Waals surface area contributed by atoms with Crippen molar-refractivity contribution in [2.45, 2.75) is 6.54 Å². The summed E-state index contributed by atoms with van der Waals surface area (Å²) in [6.45, 7) is 0.445. The Labute approximate surface area is 172 Å². The van der Waals surface area contributed by atoms with Crippen LogP contribution in [0.1, 0.15) is 5.56 Å². The number of aromatic amines is 2.